The minimum absolute atomic E-state index is 0.0864. The number of para-hydroxylation sites is 1. The van der Waals surface area contributed by atoms with E-state index in [1.807, 2.05) is 13.2 Å². The number of ether oxygens (including phenoxy) is 1. The summed E-state index contributed by atoms with van der Waals surface area (Å²) < 4.78 is 47.0. The molecule has 1 atom stereocenters. The van der Waals surface area contributed by atoms with E-state index in [9.17, 15) is 17.6 Å². The second kappa shape index (κ2) is 11.3. The Morgan fingerprint density at radius 2 is 1.87 bits per heavy atom. The summed E-state index contributed by atoms with van der Waals surface area (Å²) in [7, 11) is -2.27. The number of sulfonamides is 1. The second-order valence-corrected chi connectivity index (χ2v) is 9.51. The van der Waals surface area contributed by atoms with Crippen LogP contribution in [0.25, 0.3) is 0 Å². The summed E-state index contributed by atoms with van der Waals surface area (Å²) in [5.41, 5.74) is 0.943. The van der Waals surface area contributed by atoms with Crippen LogP contribution in [0.2, 0.25) is 0 Å². The van der Waals surface area contributed by atoms with E-state index >= 15 is 0 Å². The molecular weight excluding hydrogens is 427 g/mol. The minimum atomic E-state index is -3.84. The van der Waals surface area contributed by atoms with Crippen LogP contribution in [0, 0.1) is 12.7 Å². The highest BCUT2D eigenvalue weighted by Crippen LogP contribution is 2.16. The number of nitrogens with zero attached hydrogens (tertiary/aromatic N) is 1. The highest BCUT2D eigenvalue weighted by Gasteiger charge is 2.27. The van der Waals surface area contributed by atoms with Crippen LogP contribution in [0.15, 0.2) is 53.4 Å². The lowest BCUT2D eigenvalue weighted by Gasteiger charge is -2.24. The Hall–Kier alpha value is -2.10. The Labute approximate surface area is 181 Å². The zero-order valence-corrected chi connectivity index (χ0v) is 18.9. The Kier molecular flexibility index (Phi) is 9.13. The lowest BCUT2D eigenvalue weighted by atomic mass is 10.2. The summed E-state index contributed by atoms with van der Waals surface area (Å²) in [6.45, 7) is 2.14. The zero-order chi connectivity index (χ0) is 22.1. The van der Waals surface area contributed by atoms with Gasteiger partial charge in [0.1, 0.15) is 12.6 Å². The molecule has 1 amide bonds. The van der Waals surface area contributed by atoms with Crippen LogP contribution in [-0.2, 0) is 14.8 Å². The molecule has 1 unspecified atom stereocenters. The van der Waals surface area contributed by atoms with Gasteiger partial charge >= 0.3 is 0 Å². The highest BCUT2D eigenvalue weighted by molar-refractivity contribution is 7.98. The number of likely N-dealkylation sites (N-methyl/N-ethyl adjacent to an activating group) is 1. The molecule has 0 spiro atoms. The number of benzene rings is 2. The molecule has 30 heavy (non-hydrogen) atoms. The third-order valence-corrected chi connectivity index (χ3v) is 6.57. The third-order valence-electron chi connectivity index (χ3n) is 4.43. The third kappa shape index (κ3) is 7.00. The van der Waals surface area contributed by atoms with Crippen molar-refractivity contribution in [3.63, 3.8) is 0 Å². The van der Waals surface area contributed by atoms with Gasteiger partial charge in [0.15, 0.2) is 11.6 Å². The summed E-state index contributed by atoms with van der Waals surface area (Å²) in [5.74, 6) is -0.115. The van der Waals surface area contributed by atoms with E-state index in [2.05, 4.69) is 4.72 Å². The standard InChI is InChI=1S/C21H27FN2O4S2/c1-16-8-10-17(11-9-16)30(26,27)23-19(12-15-29-3)21(25)24(2)13-14-28-20-7-5-4-6-18(20)22/h4-11,19,23H,12-15H2,1-3H3. The quantitative estimate of drug-likeness (QED) is 0.565. The van der Waals surface area contributed by atoms with E-state index < -0.39 is 21.9 Å². The number of hydrogen-bond donors (Lipinski definition) is 1. The Morgan fingerprint density at radius 1 is 1.20 bits per heavy atom. The Bertz CT molecular complexity index is 936. The molecule has 1 N–H and O–H groups in total. The molecule has 6 nitrogen and oxygen atoms in total. The molecule has 0 aromatic heterocycles. The van der Waals surface area contributed by atoms with E-state index in [0.29, 0.717) is 12.2 Å². The fourth-order valence-electron chi connectivity index (χ4n) is 2.67. The van der Waals surface area contributed by atoms with Crippen molar-refractivity contribution in [2.45, 2.75) is 24.3 Å². The fraction of sp³-hybridized carbons (Fsp3) is 0.381. The number of carbonyl (C=O) groups is 1. The van der Waals surface area contributed by atoms with Crippen molar-refractivity contribution in [3.8, 4) is 5.75 Å². The van der Waals surface area contributed by atoms with Crippen molar-refractivity contribution < 1.29 is 22.3 Å². The first-order chi connectivity index (χ1) is 14.2. The van der Waals surface area contributed by atoms with Gasteiger partial charge in [-0.1, -0.05) is 29.8 Å². The topological polar surface area (TPSA) is 75.7 Å². The molecule has 0 saturated carbocycles. The smallest absolute Gasteiger partial charge is 0.241 e. The molecule has 0 aliphatic rings. The van der Waals surface area contributed by atoms with Crippen LogP contribution in [0.5, 0.6) is 5.75 Å². The van der Waals surface area contributed by atoms with Gasteiger partial charge in [0.2, 0.25) is 15.9 Å². The van der Waals surface area contributed by atoms with Gasteiger partial charge in [-0.25, -0.2) is 12.8 Å². The van der Waals surface area contributed by atoms with Crippen molar-refractivity contribution in [2.24, 2.45) is 0 Å². The van der Waals surface area contributed by atoms with E-state index in [1.165, 1.54) is 40.9 Å². The van der Waals surface area contributed by atoms with Gasteiger partial charge in [-0.3, -0.25) is 4.79 Å². The number of halogens is 1. The van der Waals surface area contributed by atoms with Gasteiger partial charge in [-0.2, -0.15) is 16.5 Å². The Balaban J connectivity index is 2.02. The van der Waals surface area contributed by atoms with Crippen molar-refractivity contribution >= 4 is 27.7 Å². The zero-order valence-electron chi connectivity index (χ0n) is 17.3. The van der Waals surface area contributed by atoms with Crippen LogP contribution in [0.1, 0.15) is 12.0 Å². The molecule has 0 saturated heterocycles. The van der Waals surface area contributed by atoms with Crippen molar-refractivity contribution in [1.29, 1.82) is 0 Å². The lowest BCUT2D eigenvalue weighted by molar-refractivity contribution is -0.132. The summed E-state index contributed by atoms with van der Waals surface area (Å²) in [6, 6.07) is 11.6. The molecule has 2 aromatic carbocycles. The molecule has 2 rings (SSSR count). The number of rotatable bonds is 11. The van der Waals surface area contributed by atoms with Gasteiger partial charge in [0.25, 0.3) is 0 Å². The van der Waals surface area contributed by atoms with Crippen LogP contribution < -0.4 is 9.46 Å². The molecule has 9 heteroatoms. The van der Waals surface area contributed by atoms with Crippen molar-refractivity contribution in [2.75, 3.05) is 32.2 Å². The average molecular weight is 455 g/mol. The van der Waals surface area contributed by atoms with Gasteiger partial charge in [-0.05, 0) is 49.6 Å². The monoisotopic (exact) mass is 454 g/mol. The summed E-state index contributed by atoms with van der Waals surface area (Å²) >= 11 is 1.53. The van der Waals surface area contributed by atoms with Gasteiger partial charge in [-0.15, -0.1) is 0 Å². The van der Waals surface area contributed by atoms with Crippen molar-refractivity contribution in [1.82, 2.24) is 9.62 Å². The maximum Gasteiger partial charge on any atom is 0.241 e. The van der Waals surface area contributed by atoms with E-state index in [1.54, 1.807) is 31.3 Å². The van der Waals surface area contributed by atoms with Gasteiger partial charge in [0, 0.05) is 7.05 Å². The molecule has 0 aliphatic carbocycles. The number of hydrogen-bond acceptors (Lipinski definition) is 5. The predicted octanol–water partition coefficient (Wildman–Crippen LogP) is 3.07. The largest absolute Gasteiger partial charge is 0.489 e. The summed E-state index contributed by atoms with van der Waals surface area (Å²) in [6.07, 6.45) is 2.24. The molecule has 0 aliphatic heterocycles. The maximum atomic E-state index is 13.6. The SMILES string of the molecule is CSCCC(NS(=O)(=O)c1ccc(C)cc1)C(=O)N(C)CCOc1ccccc1F. The Morgan fingerprint density at radius 3 is 2.50 bits per heavy atom. The van der Waals surface area contributed by atoms with E-state index in [-0.39, 0.29) is 29.7 Å². The molecule has 164 valence electrons. The molecule has 0 heterocycles. The number of aryl methyl sites for hydroxylation is 1. The number of thioether (sulfide) groups is 1. The van der Waals surface area contributed by atoms with Crippen LogP contribution in [0.4, 0.5) is 4.39 Å². The summed E-state index contributed by atoms with van der Waals surface area (Å²) in [4.78, 5) is 14.4. The first-order valence-corrected chi connectivity index (χ1v) is 12.3. The van der Waals surface area contributed by atoms with Gasteiger partial charge in [0.05, 0.1) is 11.4 Å². The molecule has 2 aromatic rings. The van der Waals surface area contributed by atoms with Gasteiger partial charge < -0.3 is 9.64 Å². The number of nitrogens with one attached hydrogen (secondary N) is 1. The van der Waals surface area contributed by atoms with E-state index in [0.717, 1.165) is 5.56 Å². The van der Waals surface area contributed by atoms with E-state index in [4.69, 9.17) is 4.74 Å². The number of carbonyl (C=O) groups excluding carboxylic acids is 1. The molecule has 0 bridgehead atoms. The number of amides is 1. The van der Waals surface area contributed by atoms with Crippen molar-refractivity contribution in [3.05, 3.63) is 59.9 Å². The fourth-order valence-corrected chi connectivity index (χ4v) is 4.37. The lowest BCUT2D eigenvalue weighted by Crippen LogP contribution is -2.48. The molecule has 0 fully saturated rings. The van der Waals surface area contributed by atoms with Crippen LogP contribution >= 0.6 is 11.8 Å². The molecular formula is C21H27FN2O4S2. The predicted molar refractivity (Wildman–Crippen MR) is 118 cm³/mol. The minimum Gasteiger partial charge on any atom is -0.489 e. The van der Waals surface area contributed by atoms with Crippen LogP contribution in [0.3, 0.4) is 0 Å². The second-order valence-electron chi connectivity index (χ2n) is 6.81. The normalized spacial score (nSPS) is 12.4. The maximum absolute atomic E-state index is 13.6. The first kappa shape index (κ1) is 24.2. The molecule has 0 radical (unpaired) electrons. The summed E-state index contributed by atoms with van der Waals surface area (Å²) in [5, 5.41) is 0. The average Bonchev–Trinajstić information content (AvgIpc) is 2.72. The van der Waals surface area contributed by atoms with Crippen LogP contribution in [-0.4, -0.2) is 57.5 Å². The highest BCUT2D eigenvalue weighted by atomic mass is 32.2. The first-order valence-electron chi connectivity index (χ1n) is 9.45.